The van der Waals surface area contributed by atoms with Gasteiger partial charge in [-0.25, -0.2) is 4.98 Å². The van der Waals surface area contributed by atoms with Crippen LogP contribution in [0, 0.1) is 5.92 Å². The zero-order chi connectivity index (χ0) is 13.0. The van der Waals surface area contributed by atoms with E-state index in [1.165, 1.54) is 21.9 Å². The summed E-state index contributed by atoms with van der Waals surface area (Å²) in [6, 6.07) is 10.4. The Morgan fingerprint density at radius 2 is 1.94 bits per heavy atom. The van der Waals surface area contributed by atoms with Crippen molar-refractivity contribution >= 4 is 11.3 Å². The van der Waals surface area contributed by atoms with Crippen LogP contribution in [0.2, 0.25) is 0 Å². The van der Waals surface area contributed by atoms with E-state index in [1.807, 2.05) is 6.07 Å². The standard InChI is InChI=1S/C15H20N2S/c1-11(2)8-9-14-17-13(10-16)15(18-14)12-6-4-3-5-7-12/h3-7,11H,8-10,16H2,1-2H3. The zero-order valence-corrected chi connectivity index (χ0v) is 11.8. The zero-order valence-electron chi connectivity index (χ0n) is 11.0. The first-order valence-electron chi connectivity index (χ1n) is 6.44. The molecule has 0 aliphatic carbocycles. The molecular formula is C15H20N2S. The monoisotopic (exact) mass is 260 g/mol. The van der Waals surface area contributed by atoms with Gasteiger partial charge in [0.1, 0.15) is 0 Å². The van der Waals surface area contributed by atoms with E-state index in [0.717, 1.165) is 18.0 Å². The van der Waals surface area contributed by atoms with E-state index in [4.69, 9.17) is 5.73 Å². The molecule has 2 nitrogen and oxygen atoms in total. The molecule has 1 aromatic carbocycles. The quantitative estimate of drug-likeness (QED) is 0.886. The molecule has 2 rings (SSSR count). The van der Waals surface area contributed by atoms with Crippen LogP contribution in [-0.2, 0) is 13.0 Å². The highest BCUT2D eigenvalue weighted by Gasteiger charge is 2.11. The summed E-state index contributed by atoms with van der Waals surface area (Å²) in [5.74, 6) is 0.718. The van der Waals surface area contributed by atoms with Gasteiger partial charge < -0.3 is 5.73 Å². The van der Waals surface area contributed by atoms with E-state index in [0.29, 0.717) is 6.54 Å². The third-order valence-corrected chi connectivity index (χ3v) is 4.11. The fourth-order valence-electron chi connectivity index (χ4n) is 1.87. The van der Waals surface area contributed by atoms with Crippen molar-refractivity contribution < 1.29 is 0 Å². The number of aryl methyl sites for hydroxylation is 1. The lowest BCUT2D eigenvalue weighted by molar-refractivity contribution is 0.585. The van der Waals surface area contributed by atoms with Crippen molar-refractivity contribution in [2.75, 3.05) is 0 Å². The number of nitrogens with two attached hydrogens (primary N) is 1. The first-order chi connectivity index (χ1) is 8.70. The number of hydrogen-bond acceptors (Lipinski definition) is 3. The maximum atomic E-state index is 5.80. The summed E-state index contributed by atoms with van der Waals surface area (Å²) >= 11 is 1.79. The van der Waals surface area contributed by atoms with E-state index in [1.54, 1.807) is 11.3 Å². The van der Waals surface area contributed by atoms with Crippen molar-refractivity contribution in [2.24, 2.45) is 11.7 Å². The van der Waals surface area contributed by atoms with Gasteiger partial charge in [0, 0.05) is 6.54 Å². The van der Waals surface area contributed by atoms with Crippen LogP contribution in [0.5, 0.6) is 0 Å². The van der Waals surface area contributed by atoms with Gasteiger partial charge in [-0.2, -0.15) is 0 Å². The molecule has 0 atom stereocenters. The predicted molar refractivity (Wildman–Crippen MR) is 78.6 cm³/mol. The van der Waals surface area contributed by atoms with Gasteiger partial charge in [-0.15, -0.1) is 11.3 Å². The molecule has 0 fully saturated rings. The van der Waals surface area contributed by atoms with Crippen molar-refractivity contribution in [1.29, 1.82) is 0 Å². The molecule has 3 heteroatoms. The molecule has 0 saturated carbocycles. The molecule has 2 N–H and O–H groups in total. The largest absolute Gasteiger partial charge is 0.325 e. The smallest absolute Gasteiger partial charge is 0.0935 e. The molecule has 18 heavy (non-hydrogen) atoms. The van der Waals surface area contributed by atoms with Crippen LogP contribution in [0.25, 0.3) is 10.4 Å². The van der Waals surface area contributed by atoms with E-state index < -0.39 is 0 Å². The highest BCUT2D eigenvalue weighted by Crippen LogP contribution is 2.31. The molecule has 0 spiro atoms. The molecule has 1 aromatic heterocycles. The molecule has 0 radical (unpaired) electrons. The van der Waals surface area contributed by atoms with Crippen LogP contribution < -0.4 is 5.73 Å². The van der Waals surface area contributed by atoms with Crippen LogP contribution >= 0.6 is 11.3 Å². The fourth-order valence-corrected chi connectivity index (χ4v) is 2.99. The summed E-state index contributed by atoms with van der Waals surface area (Å²) < 4.78 is 0. The molecular weight excluding hydrogens is 240 g/mol. The third kappa shape index (κ3) is 3.18. The minimum absolute atomic E-state index is 0.516. The Bertz CT molecular complexity index is 488. The lowest BCUT2D eigenvalue weighted by Gasteiger charge is -2.00. The Hall–Kier alpha value is -1.19. The average molecular weight is 260 g/mol. The van der Waals surface area contributed by atoms with Gasteiger partial charge in [0.05, 0.1) is 15.6 Å². The van der Waals surface area contributed by atoms with Crippen LogP contribution in [-0.4, -0.2) is 4.98 Å². The molecule has 0 aliphatic heterocycles. The number of aromatic nitrogens is 1. The average Bonchev–Trinajstić information content (AvgIpc) is 2.80. The highest BCUT2D eigenvalue weighted by atomic mass is 32.1. The van der Waals surface area contributed by atoms with Gasteiger partial charge in [-0.05, 0) is 24.3 Å². The van der Waals surface area contributed by atoms with Crippen molar-refractivity contribution in [1.82, 2.24) is 4.98 Å². The molecule has 0 aliphatic rings. The lowest BCUT2D eigenvalue weighted by Crippen LogP contribution is -1.99. The minimum Gasteiger partial charge on any atom is -0.325 e. The first-order valence-corrected chi connectivity index (χ1v) is 7.26. The molecule has 0 bridgehead atoms. The summed E-state index contributed by atoms with van der Waals surface area (Å²) in [5, 5.41) is 1.21. The number of hydrogen-bond donors (Lipinski definition) is 1. The van der Waals surface area contributed by atoms with E-state index in [9.17, 15) is 0 Å². The SMILES string of the molecule is CC(C)CCc1nc(CN)c(-c2ccccc2)s1. The summed E-state index contributed by atoms with van der Waals surface area (Å²) in [6.45, 7) is 5.01. The van der Waals surface area contributed by atoms with Crippen LogP contribution in [0.15, 0.2) is 30.3 Å². The molecule has 0 saturated heterocycles. The van der Waals surface area contributed by atoms with Crippen molar-refractivity contribution in [2.45, 2.75) is 33.2 Å². The van der Waals surface area contributed by atoms with Crippen molar-refractivity contribution in [3.8, 4) is 10.4 Å². The first kappa shape index (κ1) is 13.2. The summed E-state index contributed by atoms with van der Waals surface area (Å²) in [4.78, 5) is 5.90. The Labute approximate surface area is 113 Å². The topological polar surface area (TPSA) is 38.9 Å². The van der Waals surface area contributed by atoms with Gasteiger partial charge >= 0.3 is 0 Å². The summed E-state index contributed by atoms with van der Waals surface area (Å²) in [6.07, 6.45) is 2.24. The maximum absolute atomic E-state index is 5.80. The predicted octanol–water partition coefficient (Wildman–Crippen LogP) is 3.86. The second kappa shape index (κ2) is 6.12. The Kier molecular flexibility index (Phi) is 4.50. The molecule has 1 heterocycles. The van der Waals surface area contributed by atoms with E-state index in [-0.39, 0.29) is 0 Å². The van der Waals surface area contributed by atoms with Gasteiger partial charge in [0.2, 0.25) is 0 Å². The second-order valence-corrected chi connectivity index (χ2v) is 5.97. The number of nitrogens with zero attached hydrogens (tertiary/aromatic N) is 1. The van der Waals surface area contributed by atoms with E-state index >= 15 is 0 Å². The number of thiazole rings is 1. The molecule has 0 amide bonds. The van der Waals surface area contributed by atoms with Crippen molar-refractivity contribution in [3.05, 3.63) is 41.0 Å². The Morgan fingerprint density at radius 3 is 2.56 bits per heavy atom. The number of rotatable bonds is 5. The second-order valence-electron chi connectivity index (χ2n) is 4.89. The van der Waals surface area contributed by atoms with Crippen LogP contribution in [0.4, 0.5) is 0 Å². The molecule has 0 unspecified atom stereocenters. The van der Waals surface area contributed by atoms with Gasteiger partial charge in [0.15, 0.2) is 0 Å². The summed E-state index contributed by atoms with van der Waals surface area (Å²) in [7, 11) is 0. The third-order valence-electron chi connectivity index (χ3n) is 2.91. The Balaban J connectivity index is 2.25. The normalized spacial score (nSPS) is 11.1. The maximum Gasteiger partial charge on any atom is 0.0935 e. The summed E-state index contributed by atoms with van der Waals surface area (Å²) in [5.41, 5.74) is 8.06. The fraction of sp³-hybridized carbons (Fsp3) is 0.400. The lowest BCUT2D eigenvalue weighted by atomic mass is 10.1. The van der Waals surface area contributed by atoms with Gasteiger partial charge in [-0.1, -0.05) is 44.2 Å². The van der Waals surface area contributed by atoms with Gasteiger partial charge in [-0.3, -0.25) is 0 Å². The van der Waals surface area contributed by atoms with Gasteiger partial charge in [0.25, 0.3) is 0 Å². The Morgan fingerprint density at radius 1 is 1.22 bits per heavy atom. The molecule has 2 aromatic rings. The van der Waals surface area contributed by atoms with Crippen LogP contribution in [0.3, 0.4) is 0 Å². The molecule has 96 valence electrons. The minimum atomic E-state index is 0.516. The van der Waals surface area contributed by atoms with E-state index in [2.05, 4.69) is 43.1 Å². The highest BCUT2D eigenvalue weighted by molar-refractivity contribution is 7.15. The van der Waals surface area contributed by atoms with Crippen molar-refractivity contribution in [3.63, 3.8) is 0 Å². The van der Waals surface area contributed by atoms with Crippen LogP contribution in [0.1, 0.15) is 31.0 Å². The number of benzene rings is 1.